The predicted molar refractivity (Wildman–Crippen MR) is 124 cm³/mol. The molecule has 1 saturated carbocycles. The third kappa shape index (κ3) is 3.56. The maximum Gasteiger partial charge on any atom is 0.296 e. The number of hydrogen-bond donors (Lipinski definition) is 3. The van der Waals surface area contributed by atoms with Crippen LogP contribution in [0.15, 0.2) is 29.2 Å². The topological polar surface area (TPSA) is 132 Å². The second kappa shape index (κ2) is 9.02. The van der Waals surface area contributed by atoms with Crippen LogP contribution in [0, 0.1) is 6.92 Å². The lowest BCUT2D eigenvalue weighted by Gasteiger charge is -2.66. The van der Waals surface area contributed by atoms with Gasteiger partial charge in [0.25, 0.3) is 10.1 Å². The smallest absolute Gasteiger partial charge is 0.296 e. The van der Waals surface area contributed by atoms with Gasteiger partial charge in [0, 0.05) is 19.8 Å². The van der Waals surface area contributed by atoms with E-state index >= 15 is 0 Å². The van der Waals surface area contributed by atoms with Gasteiger partial charge in [0.1, 0.15) is 34.6 Å². The molecular formula is C25H36O9S. The van der Waals surface area contributed by atoms with Crippen LogP contribution in [0.2, 0.25) is 0 Å². The highest BCUT2D eigenvalue weighted by atomic mass is 32.2. The van der Waals surface area contributed by atoms with E-state index in [1.54, 1.807) is 12.1 Å². The number of aliphatic hydroxyl groups excluding tert-OH is 2. The fraction of sp³-hybridized carbons (Fsp3) is 0.760. The summed E-state index contributed by atoms with van der Waals surface area (Å²) >= 11 is 0. The maximum atomic E-state index is 12.6. The van der Waals surface area contributed by atoms with E-state index in [-0.39, 0.29) is 24.3 Å². The summed E-state index contributed by atoms with van der Waals surface area (Å²) in [5, 5.41) is 34.9. The minimum atomic E-state index is -3.96. The molecule has 0 aromatic heterocycles. The Labute approximate surface area is 206 Å². The number of benzene rings is 1. The summed E-state index contributed by atoms with van der Waals surface area (Å²) in [5.74, 6) is 0. The number of fused-ring (bicyclic) bond motifs is 2. The lowest BCUT2D eigenvalue weighted by molar-refractivity contribution is -0.383. The molecule has 3 spiro atoms. The summed E-state index contributed by atoms with van der Waals surface area (Å²) in [7, 11) is -3.96. The molecule has 6 atom stereocenters. The Morgan fingerprint density at radius 1 is 0.914 bits per heavy atom. The number of ether oxygens (including phenoxy) is 3. The van der Waals surface area contributed by atoms with E-state index in [2.05, 4.69) is 0 Å². The zero-order valence-electron chi connectivity index (χ0n) is 20.1. The highest BCUT2D eigenvalue weighted by molar-refractivity contribution is 7.86. The Morgan fingerprint density at radius 3 is 2.09 bits per heavy atom. The number of hydrogen-bond acceptors (Lipinski definition) is 9. The average molecular weight is 513 g/mol. The van der Waals surface area contributed by atoms with Crippen LogP contribution in [0.3, 0.4) is 0 Å². The van der Waals surface area contributed by atoms with E-state index in [4.69, 9.17) is 18.4 Å². The van der Waals surface area contributed by atoms with Crippen LogP contribution in [0.5, 0.6) is 0 Å². The van der Waals surface area contributed by atoms with E-state index in [1.807, 2.05) is 6.92 Å². The highest BCUT2D eigenvalue weighted by Gasteiger charge is 2.82. The van der Waals surface area contributed by atoms with Crippen LogP contribution in [-0.2, 0) is 28.5 Å². The van der Waals surface area contributed by atoms with Gasteiger partial charge in [-0.2, -0.15) is 8.42 Å². The van der Waals surface area contributed by atoms with Crippen molar-refractivity contribution in [2.24, 2.45) is 0 Å². The zero-order valence-corrected chi connectivity index (χ0v) is 21.0. The van der Waals surface area contributed by atoms with Gasteiger partial charge in [-0.05, 0) is 70.4 Å². The summed E-state index contributed by atoms with van der Waals surface area (Å²) in [6.07, 6.45) is 0.771. The SMILES string of the molecule is Cc1ccc(S(=O)(=O)OCCC[C@]2(O)[C@@H](O)[C@@H](O)[C@@]3(CCCO3)[C@]3(CCCO3)[C@@]23CCCO3)cc1. The summed E-state index contributed by atoms with van der Waals surface area (Å²) in [6, 6.07) is 6.37. The lowest BCUT2D eigenvalue weighted by atomic mass is 9.50. The number of rotatable bonds is 6. The maximum absolute atomic E-state index is 12.6. The fourth-order valence-electron chi connectivity index (χ4n) is 7.12. The third-order valence-corrected chi connectivity index (χ3v) is 9.97. The van der Waals surface area contributed by atoms with Crippen LogP contribution < -0.4 is 0 Å². The second-order valence-electron chi connectivity index (χ2n) is 10.4. The first-order chi connectivity index (χ1) is 16.6. The van der Waals surface area contributed by atoms with Gasteiger partial charge < -0.3 is 29.5 Å². The summed E-state index contributed by atoms with van der Waals surface area (Å²) < 4.78 is 49.3. The number of aliphatic hydroxyl groups is 3. The molecule has 3 heterocycles. The average Bonchev–Trinajstić information content (AvgIpc) is 3.61. The van der Waals surface area contributed by atoms with Gasteiger partial charge in [-0.15, -0.1) is 0 Å². The van der Waals surface area contributed by atoms with E-state index in [1.165, 1.54) is 12.1 Å². The summed E-state index contributed by atoms with van der Waals surface area (Å²) in [6.45, 7) is 2.96. The standard InChI is InChI=1S/C25H36O9S/c1-18-6-8-19(9-7-18)35(29,30)34-17-2-10-22(28)20(26)21(27)23(11-3-14-31-23)25(13-5-16-33-25)24(22)12-4-15-32-24/h6-9,20-21,26-28H,2-5,10-17H2,1H3/t20-,21+,22-,23-,24+,25+/m0/s1. The molecule has 35 heavy (non-hydrogen) atoms. The van der Waals surface area contributed by atoms with Crippen molar-refractivity contribution in [2.75, 3.05) is 26.4 Å². The van der Waals surface area contributed by atoms with E-state index in [9.17, 15) is 23.7 Å². The van der Waals surface area contributed by atoms with Gasteiger partial charge in [0.15, 0.2) is 0 Å². The molecule has 3 aliphatic heterocycles. The number of aryl methyl sites for hydroxylation is 1. The van der Waals surface area contributed by atoms with Gasteiger partial charge >= 0.3 is 0 Å². The van der Waals surface area contributed by atoms with Crippen LogP contribution in [0.1, 0.15) is 56.9 Å². The van der Waals surface area contributed by atoms with Gasteiger partial charge in [-0.25, -0.2) is 0 Å². The van der Waals surface area contributed by atoms with E-state index in [0.29, 0.717) is 51.9 Å². The molecule has 3 N–H and O–H groups in total. The fourth-order valence-corrected chi connectivity index (χ4v) is 8.07. The van der Waals surface area contributed by atoms with Gasteiger partial charge in [-0.1, -0.05) is 17.7 Å². The monoisotopic (exact) mass is 512 g/mol. The molecule has 196 valence electrons. The van der Waals surface area contributed by atoms with Crippen LogP contribution >= 0.6 is 0 Å². The largest absolute Gasteiger partial charge is 0.387 e. The first-order valence-corrected chi connectivity index (χ1v) is 14.0. The molecule has 4 fully saturated rings. The minimum absolute atomic E-state index is 0.0319. The van der Waals surface area contributed by atoms with Gasteiger partial charge in [0.05, 0.1) is 11.5 Å². The Kier molecular flexibility index (Phi) is 6.58. The van der Waals surface area contributed by atoms with Crippen LogP contribution in [0.25, 0.3) is 0 Å². The molecule has 0 amide bonds. The normalized spacial score (nSPS) is 41.5. The Morgan fingerprint density at radius 2 is 1.51 bits per heavy atom. The van der Waals surface area contributed by atoms with Crippen molar-refractivity contribution in [3.05, 3.63) is 29.8 Å². The quantitative estimate of drug-likeness (QED) is 0.384. The van der Waals surface area contributed by atoms with E-state index in [0.717, 1.165) is 12.0 Å². The zero-order chi connectivity index (χ0) is 25.0. The molecule has 1 aromatic carbocycles. The van der Waals surface area contributed by atoms with Crippen molar-refractivity contribution < 1.29 is 42.1 Å². The van der Waals surface area contributed by atoms with Crippen LogP contribution in [0.4, 0.5) is 0 Å². The Hall–Kier alpha value is -1.11. The first-order valence-electron chi connectivity index (χ1n) is 12.6. The molecule has 10 heteroatoms. The van der Waals surface area contributed by atoms with Gasteiger partial charge in [0.2, 0.25) is 0 Å². The molecule has 0 bridgehead atoms. The van der Waals surface area contributed by atoms with Crippen molar-refractivity contribution in [1.82, 2.24) is 0 Å². The summed E-state index contributed by atoms with van der Waals surface area (Å²) in [5.41, 5.74) is -4.48. The van der Waals surface area contributed by atoms with Gasteiger partial charge in [-0.3, -0.25) is 4.18 Å². The third-order valence-electron chi connectivity index (χ3n) is 8.65. The van der Waals surface area contributed by atoms with Crippen molar-refractivity contribution in [1.29, 1.82) is 0 Å². The van der Waals surface area contributed by atoms with E-state index < -0.39 is 44.7 Å². The van der Waals surface area contributed by atoms with Crippen molar-refractivity contribution in [3.8, 4) is 0 Å². The molecule has 1 aliphatic carbocycles. The molecule has 1 aromatic rings. The molecule has 0 unspecified atom stereocenters. The highest BCUT2D eigenvalue weighted by Crippen LogP contribution is 2.64. The van der Waals surface area contributed by atoms with Crippen molar-refractivity contribution in [2.45, 2.75) is 97.8 Å². The predicted octanol–water partition coefficient (Wildman–Crippen LogP) is 1.59. The van der Waals surface area contributed by atoms with Crippen molar-refractivity contribution in [3.63, 3.8) is 0 Å². The molecule has 5 rings (SSSR count). The molecule has 9 nitrogen and oxygen atoms in total. The minimum Gasteiger partial charge on any atom is -0.387 e. The lowest BCUT2D eigenvalue weighted by Crippen LogP contribution is -2.86. The van der Waals surface area contributed by atoms with Crippen LogP contribution in [-0.4, -0.2) is 84.8 Å². The molecule has 0 radical (unpaired) electrons. The Balaban J connectivity index is 1.40. The Bertz CT molecular complexity index is 1010. The molecule has 4 aliphatic rings. The molecule has 3 saturated heterocycles. The summed E-state index contributed by atoms with van der Waals surface area (Å²) in [4.78, 5) is 0.0594. The van der Waals surface area contributed by atoms with Crippen molar-refractivity contribution >= 4 is 10.1 Å². The second-order valence-corrected chi connectivity index (χ2v) is 12.0. The molecular weight excluding hydrogens is 476 g/mol. The first kappa shape index (κ1) is 25.5.